The van der Waals surface area contributed by atoms with Gasteiger partial charge in [0.2, 0.25) is 8.32 Å². The lowest BCUT2D eigenvalue weighted by atomic mass is 9.99. The average Bonchev–Trinajstić information content (AvgIpc) is 2.38. The van der Waals surface area contributed by atoms with E-state index in [1.54, 1.807) is 0 Å². The van der Waals surface area contributed by atoms with E-state index in [9.17, 15) is 0 Å². The number of allylic oxidation sites excluding steroid dienone is 2. The summed E-state index contributed by atoms with van der Waals surface area (Å²) in [6, 6.07) is 10.4. The van der Waals surface area contributed by atoms with Crippen molar-refractivity contribution in [3.8, 4) is 11.8 Å². The Morgan fingerprint density at radius 1 is 1.29 bits per heavy atom. The summed E-state index contributed by atoms with van der Waals surface area (Å²) in [6.45, 7) is 15.2. The highest BCUT2D eigenvalue weighted by atomic mass is 28.4. The highest BCUT2D eigenvalue weighted by Gasteiger charge is 2.38. The van der Waals surface area contributed by atoms with Gasteiger partial charge in [-0.05, 0) is 54.7 Å². The second kappa shape index (κ2) is 6.49. The van der Waals surface area contributed by atoms with E-state index in [-0.39, 0.29) is 5.04 Å². The third-order valence-corrected chi connectivity index (χ3v) is 8.69. The van der Waals surface area contributed by atoms with Crippen LogP contribution in [0.15, 0.2) is 29.8 Å². The summed E-state index contributed by atoms with van der Waals surface area (Å²) >= 11 is 0. The van der Waals surface area contributed by atoms with E-state index in [2.05, 4.69) is 59.0 Å². The molecule has 0 radical (unpaired) electrons. The van der Waals surface area contributed by atoms with Gasteiger partial charge in [-0.2, -0.15) is 5.26 Å². The number of nitriles is 1. The molecule has 0 atom stereocenters. The number of rotatable bonds is 4. The number of hydrogen-bond acceptors (Lipinski definition) is 2. The van der Waals surface area contributed by atoms with E-state index in [1.165, 1.54) is 0 Å². The lowest BCUT2D eigenvalue weighted by Gasteiger charge is -2.36. The molecule has 0 amide bonds. The second-order valence-electron chi connectivity index (χ2n) is 6.96. The molecule has 0 saturated carbocycles. The van der Waals surface area contributed by atoms with Gasteiger partial charge in [0.1, 0.15) is 5.75 Å². The highest BCUT2D eigenvalue weighted by molar-refractivity contribution is 6.74. The molecule has 1 rings (SSSR count). The monoisotopic (exact) mass is 301 g/mol. The summed E-state index contributed by atoms with van der Waals surface area (Å²) in [5, 5.41) is 9.30. The van der Waals surface area contributed by atoms with Crippen molar-refractivity contribution in [2.24, 2.45) is 0 Å². The fraction of sp³-hybridized carbons (Fsp3) is 0.500. The summed E-state index contributed by atoms with van der Waals surface area (Å²) in [4.78, 5) is 0. The standard InChI is InChI=1S/C18H27NOSi/c1-8-17(14(2)13-19)15-10-9-11-16(12-15)20-21(6,7)18(3,4)5/h9-12H,8H2,1-7H3/b17-14-. The number of benzene rings is 1. The van der Waals surface area contributed by atoms with Crippen molar-refractivity contribution in [1.29, 1.82) is 5.26 Å². The average molecular weight is 302 g/mol. The Morgan fingerprint density at radius 2 is 1.90 bits per heavy atom. The first-order chi connectivity index (χ1) is 9.62. The third kappa shape index (κ3) is 4.22. The molecule has 1 aromatic carbocycles. The molecule has 3 heteroatoms. The zero-order chi connectivity index (χ0) is 16.3. The van der Waals surface area contributed by atoms with Gasteiger partial charge in [-0.25, -0.2) is 0 Å². The Hall–Kier alpha value is -1.53. The Balaban J connectivity index is 3.17. The molecule has 21 heavy (non-hydrogen) atoms. The van der Waals surface area contributed by atoms with E-state index in [4.69, 9.17) is 9.69 Å². The van der Waals surface area contributed by atoms with Gasteiger partial charge < -0.3 is 4.43 Å². The van der Waals surface area contributed by atoms with Gasteiger partial charge in [-0.3, -0.25) is 0 Å². The second-order valence-corrected chi connectivity index (χ2v) is 11.7. The lowest BCUT2D eigenvalue weighted by Crippen LogP contribution is -2.43. The normalized spacial score (nSPS) is 13.4. The van der Waals surface area contributed by atoms with Crippen LogP contribution in [-0.2, 0) is 0 Å². The zero-order valence-corrected chi connectivity index (χ0v) is 15.4. The predicted molar refractivity (Wildman–Crippen MR) is 92.8 cm³/mol. The molecule has 0 unspecified atom stereocenters. The van der Waals surface area contributed by atoms with Crippen molar-refractivity contribution >= 4 is 13.9 Å². The summed E-state index contributed by atoms with van der Waals surface area (Å²) < 4.78 is 6.35. The SMILES string of the molecule is CC/C(=C(\C)C#N)c1cccc(O[Si](C)(C)C(C)(C)C)c1. The Kier molecular flexibility index (Phi) is 5.41. The zero-order valence-electron chi connectivity index (χ0n) is 14.4. The van der Waals surface area contributed by atoms with Crippen LogP contribution in [0.2, 0.25) is 18.1 Å². The van der Waals surface area contributed by atoms with Crippen LogP contribution in [0.1, 0.15) is 46.6 Å². The summed E-state index contributed by atoms with van der Waals surface area (Å²) in [6.07, 6.45) is 0.850. The van der Waals surface area contributed by atoms with Crippen molar-refractivity contribution in [3.63, 3.8) is 0 Å². The first-order valence-electron chi connectivity index (χ1n) is 7.51. The van der Waals surface area contributed by atoms with Crippen LogP contribution in [0.3, 0.4) is 0 Å². The van der Waals surface area contributed by atoms with E-state index < -0.39 is 8.32 Å². The van der Waals surface area contributed by atoms with Crippen molar-refractivity contribution in [2.75, 3.05) is 0 Å². The minimum Gasteiger partial charge on any atom is -0.543 e. The summed E-state index contributed by atoms with van der Waals surface area (Å²) in [5.41, 5.74) is 2.97. The van der Waals surface area contributed by atoms with Crippen LogP contribution < -0.4 is 4.43 Å². The molecule has 0 saturated heterocycles. The first kappa shape index (κ1) is 17.5. The molecule has 0 aromatic heterocycles. The maximum absolute atomic E-state index is 9.13. The Morgan fingerprint density at radius 3 is 2.38 bits per heavy atom. The molecular formula is C18H27NOSi. The van der Waals surface area contributed by atoms with Gasteiger partial charge in [0.05, 0.1) is 6.07 Å². The Bertz CT molecular complexity index is 574. The fourth-order valence-corrected chi connectivity index (χ4v) is 2.97. The van der Waals surface area contributed by atoms with Crippen molar-refractivity contribution in [2.45, 2.75) is 59.2 Å². The van der Waals surface area contributed by atoms with Crippen LogP contribution >= 0.6 is 0 Å². The van der Waals surface area contributed by atoms with Crippen molar-refractivity contribution in [1.82, 2.24) is 0 Å². The van der Waals surface area contributed by atoms with Crippen molar-refractivity contribution in [3.05, 3.63) is 35.4 Å². The predicted octanol–water partition coefficient (Wildman–Crippen LogP) is 5.78. The molecule has 0 fully saturated rings. The van der Waals surface area contributed by atoms with Gasteiger partial charge in [-0.1, -0.05) is 39.8 Å². The molecular weight excluding hydrogens is 274 g/mol. The quantitative estimate of drug-likeness (QED) is 0.522. The van der Waals surface area contributed by atoms with Crippen LogP contribution in [0, 0.1) is 11.3 Å². The molecule has 0 aliphatic heterocycles. The van der Waals surface area contributed by atoms with Crippen LogP contribution in [0.25, 0.3) is 5.57 Å². The lowest BCUT2D eigenvalue weighted by molar-refractivity contribution is 0.492. The summed E-state index contributed by atoms with van der Waals surface area (Å²) in [7, 11) is -1.83. The van der Waals surface area contributed by atoms with Gasteiger partial charge in [0.15, 0.2) is 0 Å². The van der Waals surface area contributed by atoms with E-state index in [0.717, 1.165) is 28.9 Å². The molecule has 0 bridgehead atoms. The van der Waals surface area contributed by atoms with Gasteiger partial charge in [0.25, 0.3) is 0 Å². The topological polar surface area (TPSA) is 33.0 Å². The molecule has 0 spiro atoms. The minimum atomic E-state index is -1.83. The number of hydrogen-bond donors (Lipinski definition) is 0. The van der Waals surface area contributed by atoms with E-state index in [0.29, 0.717) is 0 Å². The molecule has 0 aliphatic rings. The van der Waals surface area contributed by atoms with Gasteiger partial charge in [0, 0.05) is 5.57 Å². The maximum Gasteiger partial charge on any atom is 0.250 e. The van der Waals surface area contributed by atoms with Gasteiger partial charge in [-0.15, -0.1) is 0 Å². The molecule has 0 heterocycles. The van der Waals surface area contributed by atoms with E-state index in [1.807, 2.05) is 19.1 Å². The smallest absolute Gasteiger partial charge is 0.250 e. The largest absolute Gasteiger partial charge is 0.543 e. The van der Waals surface area contributed by atoms with E-state index >= 15 is 0 Å². The van der Waals surface area contributed by atoms with Crippen molar-refractivity contribution < 1.29 is 4.43 Å². The minimum absolute atomic E-state index is 0.176. The molecule has 1 aromatic rings. The first-order valence-corrected chi connectivity index (χ1v) is 10.4. The van der Waals surface area contributed by atoms with Crippen LogP contribution in [-0.4, -0.2) is 8.32 Å². The number of nitrogens with zero attached hydrogens (tertiary/aromatic N) is 1. The third-order valence-electron chi connectivity index (χ3n) is 4.34. The highest BCUT2D eigenvalue weighted by Crippen LogP contribution is 2.38. The molecule has 114 valence electrons. The Labute approximate surface area is 130 Å². The molecule has 2 nitrogen and oxygen atoms in total. The maximum atomic E-state index is 9.13. The molecule has 0 N–H and O–H groups in total. The fourth-order valence-electron chi connectivity index (χ4n) is 1.95. The molecule has 0 aliphatic carbocycles. The van der Waals surface area contributed by atoms with Crippen LogP contribution in [0.5, 0.6) is 5.75 Å². The van der Waals surface area contributed by atoms with Crippen LogP contribution in [0.4, 0.5) is 0 Å². The summed E-state index contributed by atoms with van der Waals surface area (Å²) in [5.74, 6) is 0.913. The van der Waals surface area contributed by atoms with Gasteiger partial charge >= 0.3 is 0 Å².